The number of rotatable bonds is 12. The average molecular weight is 711 g/mol. The summed E-state index contributed by atoms with van der Waals surface area (Å²) in [6.45, 7) is 16.2. The standard InChI is InChI=1S/C37H56N8O6.H2/c1-35(2,3)50-31(46)27(15-11-12-16-38)41-32(47)37(7,8)29-23-40-30(43-29)28(21-24-22-39-26-14-10-9-13-25(24)26)42-33(48)44-17-19-45(20-18-44)34(49)51-36(4,5)6;/h9-10,13-14,22-23,27-28,39H,11-12,15-21,38H2,1-8H3,(H,40,43)(H,41,47)(H,42,48);1H/t27-,28-;/m1./s1. The number of nitrogens with two attached hydrogens (primary N) is 1. The molecule has 14 heteroatoms. The van der Waals surface area contributed by atoms with Gasteiger partial charge in [0.05, 0.1) is 11.5 Å². The Morgan fingerprint density at radius 3 is 2.22 bits per heavy atom. The number of benzene rings is 1. The number of unbranched alkanes of at least 4 members (excludes halogenated alkanes) is 1. The zero-order chi connectivity index (χ0) is 37.6. The van der Waals surface area contributed by atoms with E-state index in [-0.39, 0.29) is 13.4 Å². The molecule has 1 aromatic carbocycles. The Morgan fingerprint density at radius 2 is 1.57 bits per heavy atom. The third-order valence-corrected chi connectivity index (χ3v) is 8.73. The number of esters is 1. The van der Waals surface area contributed by atoms with E-state index >= 15 is 0 Å². The first-order chi connectivity index (χ1) is 23.9. The van der Waals surface area contributed by atoms with Crippen LogP contribution < -0.4 is 16.4 Å². The van der Waals surface area contributed by atoms with Crippen LogP contribution in [-0.2, 0) is 30.9 Å². The lowest BCUT2D eigenvalue weighted by molar-refractivity contribution is -0.159. The van der Waals surface area contributed by atoms with Gasteiger partial charge in [-0.2, -0.15) is 0 Å². The number of H-pyrrole nitrogens is 2. The van der Waals surface area contributed by atoms with Gasteiger partial charge in [-0.3, -0.25) is 4.79 Å². The maximum absolute atomic E-state index is 13.8. The summed E-state index contributed by atoms with van der Waals surface area (Å²) >= 11 is 0. The minimum atomic E-state index is -1.12. The third-order valence-electron chi connectivity index (χ3n) is 8.73. The highest BCUT2D eigenvalue weighted by atomic mass is 16.6. The number of amides is 4. The molecule has 3 aromatic rings. The smallest absolute Gasteiger partial charge is 0.410 e. The van der Waals surface area contributed by atoms with Crippen molar-refractivity contribution in [2.45, 2.75) is 110 Å². The number of nitrogens with zero attached hydrogens (tertiary/aromatic N) is 3. The largest absolute Gasteiger partial charge is 0.458 e. The quantitative estimate of drug-likeness (QED) is 0.129. The highest BCUT2D eigenvalue weighted by molar-refractivity contribution is 5.91. The number of carbonyl (C=O) groups is 4. The van der Waals surface area contributed by atoms with Crippen LogP contribution in [0.2, 0.25) is 0 Å². The molecule has 6 N–H and O–H groups in total. The lowest BCUT2D eigenvalue weighted by Gasteiger charge is -2.36. The zero-order valence-corrected chi connectivity index (χ0v) is 31.4. The van der Waals surface area contributed by atoms with Gasteiger partial charge in [-0.15, -0.1) is 0 Å². The highest BCUT2D eigenvalue weighted by Crippen LogP contribution is 2.28. The maximum atomic E-state index is 13.8. The zero-order valence-electron chi connectivity index (χ0n) is 31.4. The molecular formula is C37H58N8O6. The monoisotopic (exact) mass is 710 g/mol. The van der Waals surface area contributed by atoms with Gasteiger partial charge in [-0.1, -0.05) is 18.2 Å². The van der Waals surface area contributed by atoms with Crippen LogP contribution in [0, 0.1) is 0 Å². The number of aromatic nitrogens is 3. The second-order valence-electron chi connectivity index (χ2n) is 15.7. The van der Waals surface area contributed by atoms with Crippen molar-refractivity contribution in [1.82, 2.24) is 35.4 Å². The number of ether oxygens (including phenoxy) is 2. The van der Waals surface area contributed by atoms with E-state index < -0.39 is 40.8 Å². The fraction of sp³-hybridized carbons (Fsp3) is 0.595. The van der Waals surface area contributed by atoms with Crippen molar-refractivity contribution in [3.05, 3.63) is 53.7 Å². The summed E-state index contributed by atoms with van der Waals surface area (Å²) in [4.78, 5) is 67.7. The van der Waals surface area contributed by atoms with E-state index in [4.69, 9.17) is 15.2 Å². The van der Waals surface area contributed by atoms with Crippen molar-refractivity contribution in [1.29, 1.82) is 0 Å². The molecule has 1 saturated heterocycles. The molecule has 0 radical (unpaired) electrons. The second kappa shape index (κ2) is 16.2. The number of aromatic amines is 2. The van der Waals surface area contributed by atoms with E-state index in [2.05, 4.69) is 25.6 Å². The number of urea groups is 1. The number of fused-ring (bicyclic) bond motifs is 1. The van der Waals surface area contributed by atoms with Crippen LogP contribution in [0.5, 0.6) is 0 Å². The van der Waals surface area contributed by atoms with Gasteiger partial charge in [-0.25, -0.2) is 19.4 Å². The first-order valence-corrected chi connectivity index (χ1v) is 17.8. The molecule has 1 fully saturated rings. The van der Waals surface area contributed by atoms with Crippen molar-refractivity contribution in [3.63, 3.8) is 0 Å². The van der Waals surface area contributed by atoms with Crippen LogP contribution in [0.25, 0.3) is 10.9 Å². The first-order valence-electron chi connectivity index (χ1n) is 17.8. The molecule has 4 rings (SSSR count). The van der Waals surface area contributed by atoms with Gasteiger partial charge >= 0.3 is 18.1 Å². The summed E-state index contributed by atoms with van der Waals surface area (Å²) in [5, 5.41) is 7.09. The topological polar surface area (TPSA) is 188 Å². The molecule has 4 amide bonds. The van der Waals surface area contributed by atoms with Gasteiger partial charge in [0.15, 0.2) is 0 Å². The summed E-state index contributed by atoms with van der Waals surface area (Å²) in [7, 11) is 0. The molecular weight excluding hydrogens is 652 g/mol. The van der Waals surface area contributed by atoms with E-state index in [1.807, 2.05) is 51.2 Å². The summed E-state index contributed by atoms with van der Waals surface area (Å²) < 4.78 is 11.1. The van der Waals surface area contributed by atoms with E-state index in [1.165, 1.54) is 0 Å². The minimum Gasteiger partial charge on any atom is -0.458 e. The number of hydrogen-bond donors (Lipinski definition) is 5. The molecule has 1 aliphatic rings. The number of carbonyl (C=O) groups excluding carboxylic acids is 4. The highest BCUT2D eigenvalue weighted by Gasteiger charge is 2.37. The predicted molar refractivity (Wildman–Crippen MR) is 197 cm³/mol. The van der Waals surface area contributed by atoms with Gasteiger partial charge in [0, 0.05) is 63.0 Å². The van der Waals surface area contributed by atoms with Gasteiger partial charge in [0.1, 0.15) is 23.1 Å². The third kappa shape index (κ3) is 10.7. The fourth-order valence-electron chi connectivity index (χ4n) is 5.80. The predicted octanol–water partition coefficient (Wildman–Crippen LogP) is 4.92. The van der Waals surface area contributed by atoms with Gasteiger partial charge in [-0.05, 0) is 92.8 Å². The van der Waals surface area contributed by atoms with Crippen molar-refractivity contribution >= 4 is 34.9 Å². The Hall–Kier alpha value is -4.59. The van der Waals surface area contributed by atoms with Gasteiger partial charge in [0.25, 0.3) is 0 Å². The van der Waals surface area contributed by atoms with E-state index in [0.29, 0.717) is 69.9 Å². The summed E-state index contributed by atoms with van der Waals surface area (Å²) in [6.07, 6.45) is 5.29. The van der Waals surface area contributed by atoms with Crippen LogP contribution in [0.4, 0.5) is 9.59 Å². The van der Waals surface area contributed by atoms with Crippen LogP contribution in [-0.4, -0.2) is 98.7 Å². The first kappa shape index (κ1) is 39.2. The molecule has 1 aliphatic heterocycles. The van der Waals surface area contributed by atoms with Crippen molar-refractivity contribution in [3.8, 4) is 0 Å². The van der Waals surface area contributed by atoms with Gasteiger partial charge < -0.3 is 45.6 Å². The fourth-order valence-corrected chi connectivity index (χ4v) is 5.80. The lowest BCUT2D eigenvalue weighted by atomic mass is 9.88. The molecule has 0 saturated carbocycles. The molecule has 282 valence electrons. The van der Waals surface area contributed by atoms with E-state index in [9.17, 15) is 19.2 Å². The number of hydrogen-bond acceptors (Lipinski definition) is 8. The SMILES string of the molecule is CC(C)(C)OC(=O)[C@@H](CCCCN)NC(=O)C(C)(C)c1cnc([C@@H](Cc2c[nH]c3ccccc23)NC(=O)N2CCN(C(=O)OC(C)(C)C)CC2)[nH]1.[HH]. The summed E-state index contributed by atoms with van der Waals surface area (Å²) in [5.74, 6) is -0.396. The van der Waals surface area contributed by atoms with Crippen molar-refractivity contribution < 1.29 is 30.1 Å². The molecule has 14 nitrogen and oxygen atoms in total. The lowest BCUT2D eigenvalue weighted by Crippen LogP contribution is -2.54. The van der Waals surface area contributed by atoms with Gasteiger partial charge in [0.2, 0.25) is 5.91 Å². The molecule has 3 heterocycles. The minimum absolute atomic E-state index is 0. The molecule has 0 unspecified atom stereocenters. The Labute approximate surface area is 302 Å². The number of piperazine rings is 1. The summed E-state index contributed by atoms with van der Waals surface area (Å²) in [6, 6.07) is 6.21. The number of imidazole rings is 1. The molecule has 2 atom stereocenters. The van der Waals surface area contributed by atoms with Crippen LogP contribution in [0.15, 0.2) is 36.7 Å². The van der Waals surface area contributed by atoms with Crippen molar-refractivity contribution in [2.75, 3.05) is 32.7 Å². The van der Waals surface area contributed by atoms with Crippen LogP contribution >= 0.6 is 0 Å². The number of nitrogens with one attached hydrogen (secondary N) is 4. The van der Waals surface area contributed by atoms with E-state index in [0.717, 1.165) is 16.5 Å². The van der Waals surface area contributed by atoms with E-state index in [1.54, 1.807) is 50.6 Å². The Kier molecular flexibility index (Phi) is 12.4. The number of para-hydroxylation sites is 1. The van der Waals surface area contributed by atoms with Crippen LogP contribution in [0.1, 0.15) is 99.2 Å². The summed E-state index contributed by atoms with van der Waals surface area (Å²) in [5.41, 5.74) is 5.72. The Balaban J connectivity index is 0.00000729. The van der Waals surface area contributed by atoms with Crippen LogP contribution in [0.3, 0.4) is 0 Å². The average Bonchev–Trinajstić information content (AvgIpc) is 3.71. The second-order valence-corrected chi connectivity index (χ2v) is 15.7. The molecule has 0 bridgehead atoms. The maximum Gasteiger partial charge on any atom is 0.410 e. The molecule has 0 spiro atoms. The Morgan fingerprint density at radius 1 is 0.922 bits per heavy atom. The Bertz CT molecular complexity index is 1670. The molecule has 2 aromatic heterocycles. The normalized spacial score (nSPS) is 15.3. The molecule has 0 aliphatic carbocycles. The van der Waals surface area contributed by atoms with Crippen molar-refractivity contribution in [2.24, 2.45) is 5.73 Å². The molecule has 51 heavy (non-hydrogen) atoms.